The molecular formula is C16H16ClN7O. The zero-order valence-electron chi connectivity index (χ0n) is 13.6. The molecular weight excluding hydrogens is 342 g/mol. The van der Waals surface area contributed by atoms with E-state index in [4.69, 9.17) is 11.6 Å². The Balaban J connectivity index is 1.49. The minimum absolute atomic E-state index is 0.0643. The van der Waals surface area contributed by atoms with Gasteiger partial charge in [0, 0.05) is 37.8 Å². The number of likely N-dealkylation sites (N-methyl/N-ethyl adjacent to an activating group) is 1. The Morgan fingerprint density at radius 2 is 2.20 bits per heavy atom. The number of hydrogen-bond acceptors (Lipinski definition) is 6. The third-order valence-corrected chi connectivity index (χ3v) is 4.71. The van der Waals surface area contributed by atoms with Gasteiger partial charge in [-0.05, 0) is 12.5 Å². The van der Waals surface area contributed by atoms with Crippen LogP contribution in [0.5, 0.6) is 0 Å². The molecule has 1 aliphatic heterocycles. The maximum Gasteiger partial charge on any atom is 0.270 e. The molecule has 3 aromatic heterocycles. The Bertz CT molecular complexity index is 894. The number of fused-ring (bicyclic) bond motifs is 1. The molecule has 0 aromatic carbocycles. The van der Waals surface area contributed by atoms with Crippen molar-refractivity contribution in [3.63, 3.8) is 0 Å². The van der Waals surface area contributed by atoms with Crippen molar-refractivity contribution >= 4 is 34.4 Å². The lowest BCUT2D eigenvalue weighted by Gasteiger charge is -2.24. The van der Waals surface area contributed by atoms with Gasteiger partial charge in [0.15, 0.2) is 0 Å². The van der Waals surface area contributed by atoms with Gasteiger partial charge in [0.25, 0.3) is 5.91 Å². The van der Waals surface area contributed by atoms with Crippen LogP contribution in [0.15, 0.2) is 31.0 Å². The van der Waals surface area contributed by atoms with Gasteiger partial charge in [-0.3, -0.25) is 4.79 Å². The predicted molar refractivity (Wildman–Crippen MR) is 93.6 cm³/mol. The van der Waals surface area contributed by atoms with E-state index in [0.29, 0.717) is 23.0 Å². The second kappa shape index (κ2) is 6.29. The summed E-state index contributed by atoms with van der Waals surface area (Å²) in [4.78, 5) is 36.0. The average Bonchev–Trinajstić information content (AvgIpc) is 3.27. The number of anilines is 1. The molecule has 4 rings (SSSR count). The molecule has 8 nitrogen and oxygen atoms in total. The number of hydrogen-bond donors (Lipinski definition) is 1. The smallest absolute Gasteiger partial charge is 0.270 e. The standard InChI is InChI=1S/C16H16ClN7O/c1-23(16(25)12-4-10-6-18-8-21-15(10)22-12)11-2-3-24(7-11)14-5-13(17)19-9-20-14/h4-6,8-9,11H,2-3,7H2,1H3,(H,18,21,22). The first-order valence-electron chi connectivity index (χ1n) is 7.90. The van der Waals surface area contributed by atoms with Gasteiger partial charge >= 0.3 is 0 Å². The number of H-pyrrole nitrogens is 1. The molecule has 3 aromatic rings. The van der Waals surface area contributed by atoms with Crippen LogP contribution in [-0.2, 0) is 0 Å². The quantitative estimate of drug-likeness (QED) is 0.718. The Kier molecular flexibility index (Phi) is 3.96. The minimum atomic E-state index is -0.0643. The van der Waals surface area contributed by atoms with Crippen molar-refractivity contribution in [1.29, 1.82) is 0 Å². The van der Waals surface area contributed by atoms with Crippen molar-refractivity contribution < 1.29 is 4.79 Å². The SMILES string of the molecule is CN(C(=O)c1cc2cncnc2[nH]1)C1CCN(c2cc(Cl)ncn2)C1. The van der Waals surface area contributed by atoms with E-state index >= 15 is 0 Å². The largest absolute Gasteiger partial charge is 0.354 e. The summed E-state index contributed by atoms with van der Waals surface area (Å²) in [7, 11) is 1.82. The number of aromatic amines is 1. The van der Waals surface area contributed by atoms with Crippen molar-refractivity contribution in [1.82, 2.24) is 29.8 Å². The Morgan fingerprint density at radius 3 is 3.00 bits per heavy atom. The summed E-state index contributed by atoms with van der Waals surface area (Å²) in [5.41, 5.74) is 1.18. The lowest BCUT2D eigenvalue weighted by Crippen LogP contribution is -2.39. The van der Waals surface area contributed by atoms with Crippen molar-refractivity contribution in [2.75, 3.05) is 25.0 Å². The third-order valence-electron chi connectivity index (χ3n) is 4.50. The predicted octanol–water partition coefficient (Wildman–Crippen LogP) is 1.75. The van der Waals surface area contributed by atoms with E-state index in [1.165, 1.54) is 12.7 Å². The molecule has 0 saturated carbocycles. The van der Waals surface area contributed by atoms with E-state index in [2.05, 4.69) is 29.8 Å². The summed E-state index contributed by atoms with van der Waals surface area (Å²) in [5, 5.41) is 1.24. The maximum atomic E-state index is 12.8. The number of rotatable bonds is 3. The average molecular weight is 358 g/mol. The van der Waals surface area contributed by atoms with Gasteiger partial charge in [0.1, 0.15) is 35.0 Å². The van der Waals surface area contributed by atoms with Crippen LogP contribution in [0.1, 0.15) is 16.9 Å². The van der Waals surface area contributed by atoms with E-state index in [-0.39, 0.29) is 11.9 Å². The fourth-order valence-electron chi connectivity index (χ4n) is 3.10. The van der Waals surface area contributed by atoms with Crippen molar-refractivity contribution in [2.24, 2.45) is 0 Å². The summed E-state index contributed by atoms with van der Waals surface area (Å²) in [6.07, 6.45) is 5.46. The van der Waals surface area contributed by atoms with Gasteiger partial charge < -0.3 is 14.8 Å². The number of aromatic nitrogens is 5. The Morgan fingerprint density at radius 1 is 1.32 bits per heavy atom. The number of nitrogens with zero attached hydrogens (tertiary/aromatic N) is 6. The van der Waals surface area contributed by atoms with Crippen LogP contribution >= 0.6 is 11.6 Å². The molecule has 0 aliphatic carbocycles. The van der Waals surface area contributed by atoms with Crippen LogP contribution < -0.4 is 4.90 Å². The maximum absolute atomic E-state index is 12.8. The zero-order valence-corrected chi connectivity index (χ0v) is 14.3. The van der Waals surface area contributed by atoms with E-state index in [0.717, 1.165) is 24.2 Å². The normalized spacial score (nSPS) is 17.2. The van der Waals surface area contributed by atoms with Gasteiger partial charge in [0.2, 0.25) is 0 Å². The van der Waals surface area contributed by atoms with E-state index in [9.17, 15) is 4.79 Å². The summed E-state index contributed by atoms with van der Waals surface area (Å²) in [6.45, 7) is 1.52. The molecule has 0 spiro atoms. The second-order valence-electron chi connectivity index (χ2n) is 6.01. The first-order valence-corrected chi connectivity index (χ1v) is 8.28. The second-order valence-corrected chi connectivity index (χ2v) is 6.40. The molecule has 128 valence electrons. The summed E-state index contributed by atoms with van der Waals surface area (Å²) >= 11 is 5.93. The summed E-state index contributed by atoms with van der Waals surface area (Å²) in [6, 6.07) is 3.62. The van der Waals surface area contributed by atoms with E-state index in [1.807, 2.05) is 7.05 Å². The monoisotopic (exact) mass is 357 g/mol. The van der Waals surface area contributed by atoms with Gasteiger partial charge in [0.05, 0.1) is 6.04 Å². The molecule has 1 saturated heterocycles. The highest BCUT2D eigenvalue weighted by Crippen LogP contribution is 2.23. The van der Waals surface area contributed by atoms with Gasteiger partial charge in [-0.15, -0.1) is 0 Å². The van der Waals surface area contributed by atoms with Crippen molar-refractivity contribution in [2.45, 2.75) is 12.5 Å². The lowest BCUT2D eigenvalue weighted by molar-refractivity contribution is 0.0740. The molecule has 1 unspecified atom stereocenters. The number of nitrogens with one attached hydrogen (secondary N) is 1. The molecule has 1 fully saturated rings. The topological polar surface area (TPSA) is 90.9 Å². The molecule has 0 radical (unpaired) electrons. The first kappa shape index (κ1) is 15.8. The fraction of sp³-hybridized carbons (Fsp3) is 0.312. The molecule has 25 heavy (non-hydrogen) atoms. The Labute approximate surface area is 148 Å². The summed E-state index contributed by atoms with van der Waals surface area (Å²) < 4.78 is 0. The number of amides is 1. The van der Waals surface area contributed by atoms with E-state index in [1.54, 1.807) is 23.2 Å². The van der Waals surface area contributed by atoms with E-state index < -0.39 is 0 Å². The van der Waals surface area contributed by atoms with Crippen molar-refractivity contribution in [3.8, 4) is 0 Å². The molecule has 9 heteroatoms. The van der Waals surface area contributed by atoms with Crippen LogP contribution in [0, 0.1) is 0 Å². The van der Waals surface area contributed by atoms with Crippen LogP contribution in [0.2, 0.25) is 5.15 Å². The van der Waals surface area contributed by atoms with Gasteiger partial charge in [-0.25, -0.2) is 19.9 Å². The number of carbonyl (C=O) groups excluding carboxylic acids is 1. The molecule has 0 bridgehead atoms. The lowest BCUT2D eigenvalue weighted by atomic mass is 10.2. The van der Waals surface area contributed by atoms with Gasteiger partial charge in [-0.2, -0.15) is 0 Å². The van der Waals surface area contributed by atoms with Crippen LogP contribution in [-0.4, -0.2) is 61.9 Å². The number of carbonyl (C=O) groups is 1. The third kappa shape index (κ3) is 3.00. The highest BCUT2D eigenvalue weighted by atomic mass is 35.5. The molecule has 4 heterocycles. The number of halogens is 1. The Hall–Kier alpha value is -2.74. The summed E-state index contributed by atoms with van der Waals surface area (Å²) in [5.74, 6) is 0.717. The fourth-order valence-corrected chi connectivity index (χ4v) is 3.25. The first-order chi connectivity index (χ1) is 12.1. The van der Waals surface area contributed by atoms with Crippen LogP contribution in [0.25, 0.3) is 11.0 Å². The zero-order chi connectivity index (χ0) is 17.4. The molecule has 1 atom stereocenters. The van der Waals surface area contributed by atoms with Crippen LogP contribution in [0.4, 0.5) is 5.82 Å². The minimum Gasteiger partial charge on any atom is -0.354 e. The highest BCUT2D eigenvalue weighted by molar-refractivity contribution is 6.29. The van der Waals surface area contributed by atoms with Crippen LogP contribution in [0.3, 0.4) is 0 Å². The molecule has 1 aliphatic rings. The molecule has 1 N–H and O–H groups in total. The van der Waals surface area contributed by atoms with Crippen molar-refractivity contribution in [3.05, 3.63) is 41.8 Å². The van der Waals surface area contributed by atoms with Gasteiger partial charge in [-0.1, -0.05) is 11.6 Å². The highest BCUT2D eigenvalue weighted by Gasteiger charge is 2.30. The molecule has 1 amide bonds.